The lowest BCUT2D eigenvalue weighted by Crippen LogP contribution is -2.56. The normalized spacial score (nSPS) is 20.9. The Bertz CT molecular complexity index is 624. The van der Waals surface area contributed by atoms with Crippen LogP contribution >= 0.6 is 0 Å². The Hall–Kier alpha value is -1.89. The average molecular weight is 362 g/mol. The summed E-state index contributed by atoms with van der Waals surface area (Å²) >= 11 is 0. The van der Waals surface area contributed by atoms with E-state index in [-0.39, 0.29) is 6.61 Å². The SMILES string of the molecule is C=C[C@H]([C@@H]1COC(C)(C)N1C(=O)OC(C)(C)C)N(O)Cc1ccccc1. The second-order valence-corrected chi connectivity index (χ2v) is 7.98. The van der Waals surface area contributed by atoms with E-state index in [0.29, 0.717) is 6.54 Å². The van der Waals surface area contributed by atoms with E-state index in [1.807, 2.05) is 65.0 Å². The molecule has 1 aromatic carbocycles. The fourth-order valence-corrected chi connectivity index (χ4v) is 3.10. The maximum atomic E-state index is 12.8. The van der Waals surface area contributed by atoms with Gasteiger partial charge in [-0.3, -0.25) is 4.90 Å². The molecule has 6 nitrogen and oxygen atoms in total. The Labute approximate surface area is 156 Å². The predicted molar refractivity (Wildman–Crippen MR) is 99.6 cm³/mol. The molecule has 144 valence electrons. The fourth-order valence-electron chi connectivity index (χ4n) is 3.10. The van der Waals surface area contributed by atoms with Gasteiger partial charge >= 0.3 is 6.09 Å². The second kappa shape index (κ2) is 7.78. The number of carbonyl (C=O) groups excluding carboxylic acids is 1. The molecule has 1 N–H and O–H groups in total. The van der Waals surface area contributed by atoms with Gasteiger partial charge < -0.3 is 14.7 Å². The molecule has 1 fully saturated rings. The second-order valence-electron chi connectivity index (χ2n) is 7.98. The number of ether oxygens (including phenoxy) is 2. The zero-order chi connectivity index (χ0) is 19.5. The maximum absolute atomic E-state index is 12.8. The van der Waals surface area contributed by atoms with Gasteiger partial charge in [0, 0.05) is 6.54 Å². The molecule has 6 heteroatoms. The molecule has 0 unspecified atom stereocenters. The Balaban J connectivity index is 2.21. The summed E-state index contributed by atoms with van der Waals surface area (Å²) in [5.41, 5.74) is -0.488. The van der Waals surface area contributed by atoms with E-state index < -0.39 is 29.5 Å². The number of amides is 1. The smallest absolute Gasteiger partial charge is 0.412 e. The van der Waals surface area contributed by atoms with Gasteiger partial charge in [-0.05, 0) is 40.2 Å². The maximum Gasteiger partial charge on any atom is 0.412 e. The quantitative estimate of drug-likeness (QED) is 0.637. The van der Waals surface area contributed by atoms with Crippen LogP contribution in [-0.2, 0) is 16.0 Å². The van der Waals surface area contributed by atoms with Gasteiger partial charge in [-0.25, -0.2) is 4.79 Å². The highest BCUT2D eigenvalue weighted by Gasteiger charge is 2.49. The largest absolute Gasteiger partial charge is 0.444 e. The summed E-state index contributed by atoms with van der Waals surface area (Å²) in [6, 6.07) is 8.72. The van der Waals surface area contributed by atoms with Crippen molar-refractivity contribution < 1.29 is 19.5 Å². The standard InChI is InChI=1S/C20H30N2O4/c1-7-16(21(24)13-15-11-9-8-10-12-15)17-14-25-20(5,6)22(17)18(23)26-19(2,3)4/h7-12,16-17,24H,1,13-14H2,2-6H3/t16-,17+/m1/s1. The zero-order valence-electron chi connectivity index (χ0n) is 16.3. The van der Waals surface area contributed by atoms with E-state index in [0.717, 1.165) is 5.56 Å². The monoisotopic (exact) mass is 362 g/mol. The molecule has 1 heterocycles. The lowest BCUT2D eigenvalue weighted by molar-refractivity contribution is -0.138. The van der Waals surface area contributed by atoms with Crippen LogP contribution in [0.1, 0.15) is 40.2 Å². The molecule has 1 aliphatic rings. The Morgan fingerprint density at radius 1 is 1.46 bits per heavy atom. The van der Waals surface area contributed by atoms with Crippen LogP contribution in [0.15, 0.2) is 43.0 Å². The summed E-state index contributed by atoms with van der Waals surface area (Å²) in [5, 5.41) is 11.8. The Kier molecular flexibility index (Phi) is 6.11. The molecule has 0 radical (unpaired) electrons. The van der Waals surface area contributed by atoms with Crippen molar-refractivity contribution in [2.75, 3.05) is 6.61 Å². The molecule has 2 atom stereocenters. The first-order chi connectivity index (χ1) is 12.0. The van der Waals surface area contributed by atoms with E-state index in [2.05, 4.69) is 6.58 Å². The third-order valence-electron chi connectivity index (χ3n) is 4.28. The summed E-state index contributed by atoms with van der Waals surface area (Å²) in [7, 11) is 0. The average Bonchev–Trinajstić information content (AvgIpc) is 2.82. The van der Waals surface area contributed by atoms with Crippen LogP contribution in [0, 0.1) is 0 Å². The predicted octanol–water partition coefficient (Wildman–Crippen LogP) is 3.80. The van der Waals surface area contributed by atoms with E-state index in [4.69, 9.17) is 9.47 Å². The molecule has 1 aromatic rings. The molecule has 0 aromatic heterocycles. The van der Waals surface area contributed by atoms with Gasteiger partial charge in [-0.1, -0.05) is 36.4 Å². The van der Waals surface area contributed by atoms with Gasteiger partial charge in [-0.2, -0.15) is 5.06 Å². The zero-order valence-corrected chi connectivity index (χ0v) is 16.3. The van der Waals surface area contributed by atoms with Crippen molar-refractivity contribution in [3.63, 3.8) is 0 Å². The topological polar surface area (TPSA) is 62.2 Å². The van der Waals surface area contributed by atoms with Crippen molar-refractivity contribution in [1.29, 1.82) is 0 Å². The first kappa shape index (κ1) is 20.4. The molecule has 0 spiro atoms. The van der Waals surface area contributed by atoms with Crippen LogP contribution in [0.2, 0.25) is 0 Å². The number of hydrogen-bond acceptors (Lipinski definition) is 5. The van der Waals surface area contributed by atoms with Gasteiger partial charge in [0.25, 0.3) is 0 Å². The van der Waals surface area contributed by atoms with Crippen LogP contribution in [0.5, 0.6) is 0 Å². The minimum Gasteiger partial charge on any atom is -0.444 e. The summed E-state index contributed by atoms with van der Waals surface area (Å²) in [6.45, 7) is 13.5. The van der Waals surface area contributed by atoms with Crippen LogP contribution in [-0.4, -0.2) is 51.3 Å². The number of benzene rings is 1. The molecular weight excluding hydrogens is 332 g/mol. The van der Waals surface area contributed by atoms with E-state index >= 15 is 0 Å². The molecule has 1 amide bonds. The molecule has 0 aliphatic carbocycles. The van der Waals surface area contributed by atoms with Gasteiger partial charge in [0.1, 0.15) is 11.3 Å². The van der Waals surface area contributed by atoms with Crippen molar-refractivity contribution in [2.24, 2.45) is 0 Å². The van der Waals surface area contributed by atoms with Gasteiger partial charge in [0.15, 0.2) is 0 Å². The lowest BCUT2D eigenvalue weighted by Gasteiger charge is -2.38. The number of nitrogens with zero attached hydrogens (tertiary/aromatic N) is 2. The third-order valence-corrected chi connectivity index (χ3v) is 4.28. The first-order valence-electron chi connectivity index (χ1n) is 8.83. The number of hydrogen-bond donors (Lipinski definition) is 1. The molecule has 2 rings (SSSR count). The number of rotatable bonds is 5. The highest BCUT2D eigenvalue weighted by molar-refractivity contribution is 5.70. The van der Waals surface area contributed by atoms with Crippen molar-refractivity contribution in [3.8, 4) is 0 Å². The molecular formula is C20H30N2O4. The summed E-state index contributed by atoms with van der Waals surface area (Å²) in [6.07, 6.45) is 1.17. The molecule has 1 aliphatic heterocycles. The highest BCUT2D eigenvalue weighted by Crippen LogP contribution is 2.32. The van der Waals surface area contributed by atoms with E-state index in [1.165, 1.54) is 5.06 Å². The van der Waals surface area contributed by atoms with Crippen molar-refractivity contribution in [1.82, 2.24) is 9.96 Å². The number of hydroxylamine groups is 2. The third kappa shape index (κ3) is 4.84. The summed E-state index contributed by atoms with van der Waals surface area (Å²) in [4.78, 5) is 14.3. The Morgan fingerprint density at radius 2 is 2.08 bits per heavy atom. The summed E-state index contributed by atoms with van der Waals surface area (Å²) in [5.74, 6) is 0. The fraction of sp³-hybridized carbons (Fsp3) is 0.550. The minimum atomic E-state index is -0.832. The summed E-state index contributed by atoms with van der Waals surface area (Å²) < 4.78 is 11.4. The lowest BCUT2D eigenvalue weighted by atomic mass is 10.1. The molecule has 0 saturated carbocycles. The van der Waals surface area contributed by atoms with Crippen molar-refractivity contribution in [2.45, 2.75) is 64.6 Å². The van der Waals surface area contributed by atoms with Crippen molar-refractivity contribution in [3.05, 3.63) is 48.6 Å². The minimum absolute atomic E-state index is 0.286. The van der Waals surface area contributed by atoms with Crippen LogP contribution in [0.3, 0.4) is 0 Å². The van der Waals surface area contributed by atoms with Gasteiger partial charge in [0.05, 0.1) is 18.7 Å². The highest BCUT2D eigenvalue weighted by atomic mass is 16.6. The molecule has 0 bridgehead atoms. The van der Waals surface area contributed by atoms with Gasteiger partial charge in [-0.15, -0.1) is 6.58 Å². The van der Waals surface area contributed by atoms with Crippen LogP contribution in [0.4, 0.5) is 4.79 Å². The molecule has 1 saturated heterocycles. The van der Waals surface area contributed by atoms with E-state index in [1.54, 1.807) is 11.0 Å². The Morgan fingerprint density at radius 3 is 2.62 bits per heavy atom. The van der Waals surface area contributed by atoms with Crippen LogP contribution in [0.25, 0.3) is 0 Å². The van der Waals surface area contributed by atoms with Gasteiger partial charge in [0.2, 0.25) is 0 Å². The molecule has 26 heavy (non-hydrogen) atoms. The number of carbonyl (C=O) groups is 1. The first-order valence-corrected chi connectivity index (χ1v) is 8.83. The van der Waals surface area contributed by atoms with E-state index in [9.17, 15) is 10.0 Å². The van der Waals surface area contributed by atoms with Crippen LogP contribution < -0.4 is 0 Å². The van der Waals surface area contributed by atoms with Crippen molar-refractivity contribution >= 4 is 6.09 Å².